The molecule has 0 atom stereocenters. The van der Waals surface area contributed by atoms with Gasteiger partial charge in [0.1, 0.15) is 11.4 Å². The van der Waals surface area contributed by atoms with Crippen molar-refractivity contribution < 1.29 is 13.2 Å². The predicted octanol–water partition coefficient (Wildman–Crippen LogP) is 3.30. The van der Waals surface area contributed by atoms with Gasteiger partial charge in [0.25, 0.3) is 0 Å². The van der Waals surface area contributed by atoms with Gasteiger partial charge in [-0.05, 0) is 29.6 Å². The molecule has 0 aliphatic carbocycles. The van der Waals surface area contributed by atoms with Crippen molar-refractivity contribution in [3.05, 3.63) is 40.6 Å². The number of hydrogen-bond donors (Lipinski definition) is 0. The highest BCUT2D eigenvalue weighted by atomic mass is 32.2. The second-order valence-corrected chi connectivity index (χ2v) is 7.27. The molecule has 4 nitrogen and oxygen atoms in total. The van der Waals surface area contributed by atoms with Crippen LogP contribution in [0.15, 0.2) is 45.6 Å². The Morgan fingerprint density at radius 2 is 2.15 bits per heavy atom. The number of ether oxygens (including phenoxy) is 1. The molecule has 0 N–H and O–H groups in total. The van der Waals surface area contributed by atoms with Crippen LogP contribution in [-0.2, 0) is 9.84 Å². The van der Waals surface area contributed by atoms with E-state index in [1.165, 1.54) is 7.11 Å². The fourth-order valence-electron chi connectivity index (χ4n) is 1.63. The Balaban J connectivity index is 2.42. The molecule has 0 saturated heterocycles. The van der Waals surface area contributed by atoms with Crippen LogP contribution in [0.25, 0.3) is 0 Å². The van der Waals surface area contributed by atoms with E-state index in [0.717, 1.165) is 4.88 Å². The highest BCUT2D eigenvalue weighted by molar-refractivity contribution is 7.91. The molecule has 0 aliphatic heterocycles. The fraction of sp³-hybridized carbons (Fsp3) is 0.214. The third-order valence-electron chi connectivity index (χ3n) is 2.76. The second-order valence-electron chi connectivity index (χ2n) is 4.01. The van der Waals surface area contributed by atoms with E-state index in [1.807, 2.05) is 17.5 Å². The maximum Gasteiger partial charge on any atom is 0.178 e. The number of rotatable bonds is 5. The summed E-state index contributed by atoms with van der Waals surface area (Å²) in [6.07, 6.45) is 1.70. The Morgan fingerprint density at radius 3 is 2.75 bits per heavy atom. The standard InChI is InChI=1S/C14H15NO3S2/c1-3-20(16,17)12-6-7-14(18-2)13(9-12)15-10-11-5-4-8-19-11/h4-10H,3H2,1-2H3. The number of nitrogens with zero attached hydrogens (tertiary/aromatic N) is 1. The molecule has 6 heteroatoms. The Labute approximate surface area is 122 Å². The van der Waals surface area contributed by atoms with Gasteiger partial charge in [-0.2, -0.15) is 0 Å². The third kappa shape index (κ3) is 3.26. The lowest BCUT2D eigenvalue weighted by molar-refractivity contribution is 0.416. The first-order chi connectivity index (χ1) is 9.56. The van der Waals surface area contributed by atoms with E-state index >= 15 is 0 Å². The zero-order valence-corrected chi connectivity index (χ0v) is 12.9. The third-order valence-corrected chi connectivity index (χ3v) is 5.30. The van der Waals surface area contributed by atoms with Crippen LogP contribution in [-0.4, -0.2) is 27.5 Å². The van der Waals surface area contributed by atoms with Crippen molar-refractivity contribution in [2.24, 2.45) is 4.99 Å². The number of benzene rings is 1. The van der Waals surface area contributed by atoms with Crippen molar-refractivity contribution in [2.45, 2.75) is 11.8 Å². The van der Waals surface area contributed by atoms with Gasteiger partial charge in [-0.1, -0.05) is 13.0 Å². The maximum absolute atomic E-state index is 11.9. The molecule has 1 aromatic heterocycles. The molecule has 106 valence electrons. The number of sulfone groups is 1. The Morgan fingerprint density at radius 1 is 1.35 bits per heavy atom. The number of methoxy groups -OCH3 is 1. The Hall–Kier alpha value is -1.66. The zero-order valence-electron chi connectivity index (χ0n) is 11.2. The summed E-state index contributed by atoms with van der Waals surface area (Å²) in [5.41, 5.74) is 0.510. The normalized spacial score (nSPS) is 11.9. The summed E-state index contributed by atoms with van der Waals surface area (Å²) in [5, 5.41) is 1.95. The summed E-state index contributed by atoms with van der Waals surface area (Å²) < 4.78 is 29.0. The van der Waals surface area contributed by atoms with E-state index in [9.17, 15) is 8.42 Å². The van der Waals surface area contributed by atoms with Crippen molar-refractivity contribution >= 4 is 33.1 Å². The van der Waals surface area contributed by atoms with E-state index in [1.54, 1.807) is 42.7 Å². The minimum absolute atomic E-state index is 0.0629. The van der Waals surface area contributed by atoms with Gasteiger partial charge >= 0.3 is 0 Å². The first-order valence-corrected chi connectivity index (χ1v) is 8.58. The molecule has 0 saturated carbocycles. The quantitative estimate of drug-likeness (QED) is 0.796. The fourth-order valence-corrected chi connectivity index (χ4v) is 3.11. The molecule has 0 spiro atoms. The molecule has 0 bridgehead atoms. The maximum atomic E-state index is 11.9. The molecule has 1 heterocycles. The average Bonchev–Trinajstić information content (AvgIpc) is 2.98. The van der Waals surface area contributed by atoms with Crippen LogP contribution in [0.5, 0.6) is 5.75 Å². The van der Waals surface area contributed by atoms with E-state index < -0.39 is 9.84 Å². The first-order valence-electron chi connectivity index (χ1n) is 6.05. The van der Waals surface area contributed by atoms with Crippen LogP contribution >= 0.6 is 11.3 Å². The van der Waals surface area contributed by atoms with Crippen molar-refractivity contribution in [2.75, 3.05) is 12.9 Å². The van der Waals surface area contributed by atoms with Crippen molar-refractivity contribution in [3.63, 3.8) is 0 Å². The van der Waals surface area contributed by atoms with E-state index in [4.69, 9.17) is 4.74 Å². The number of hydrogen-bond acceptors (Lipinski definition) is 5. The molecule has 1 aromatic carbocycles. The largest absolute Gasteiger partial charge is 0.494 e. The summed E-state index contributed by atoms with van der Waals surface area (Å²) in [4.78, 5) is 5.58. The lowest BCUT2D eigenvalue weighted by atomic mass is 10.3. The molecular weight excluding hydrogens is 294 g/mol. The summed E-state index contributed by atoms with van der Waals surface area (Å²) in [7, 11) is -1.71. The van der Waals surface area contributed by atoms with Crippen LogP contribution in [0, 0.1) is 0 Å². The Bertz CT molecular complexity index is 704. The van der Waals surface area contributed by atoms with Gasteiger partial charge in [0.2, 0.25) is 0 Å². The van der Waals surface area contributed by atoms with Gasteiger partial charge in [0.05, 0.1) is 17.8 Å². The molecule has 20 heavy (non-hydrogen) atoms. The molecule has 2 aromatic rings. The summed E-state index contributed by atoms with van der Waals surface area (Å²) in [6.45, 7) is 1.62. The van der Waals surface area contributed by atoms with E-state index in [-0.39, 0.29) is 10.6 Å². The second kappa shape index (κ2) is 6.19. The minimum atomic E-state index is -3.24. The SMILES string of the molecule is CCS(=O)(=O)c1ccc(OC)c(N=Cc2cccs2)c1. The van der Waals surface area contributed by atoms with Crippen molar-refractivity contribution in [1.29, 1.82) is 0 Å². The molecule has 0 aliphatic rings. The smallest absolute Gasteiger partial charge is 0.178 e. The molecule has 0 unspecified atom stereocenters. The lowest BCUT2D eigenvalue weighted by Gasteiger charge is -2.07. The van der Waals surface area contributed by atoms with E-state index in [2.05, 4.69) is 4.99 Å². The van der Waals surface area contributed by atoms with Gasteiger partial charge in [-0.15, -0.1) is 11.3 Å². The summed E-state index contributed by atoms with van der Waals surface area (Å²) >= 11 is 1.56. The van der Waals surface area contributed by atoms with E-state index in [0.29, 0.717) is 11.4 Å². The van der Waals surface area contributed by atoms with Gasteiger partial charge < -0.3 is 4.74 Å². The van der Waals surface area contributed by atoms with Crippen LogP contribution in [0.4, 0.5) is 5.69 Å². The van der Waals surface area contributed by atoms with Gasteiger partial charge in [0.15, 0.2) is 9.84 Å². The monoisotopic (exact) mass is 309 g/mol. The Kier molecular flexibility index (Phi) is 4.57. The highest BCUT2D eigenvalue weighted by Gasteiger charge is 2.14. The van der Waals surface area contributed by atoms with Gasteiger partial charge in [-0.25, -0.2) is 8.42 Å². The van der Waals surface area contributed by atoms with Gasteiger partial charge in [-0.3, -0.25) is 4.99 Å². The van der Waals surface area contributed by atoms with Crippen LogP contribution in [0.2, 0.25) is 0 Å². The number of thiophene rings is 1. The lowest BCUT2D eigenvalue weighted by Crippen LogP contribution is -2.03. The van der Waals surface area contributed by atoms with Crippen LogP contribution < -0.4 is 4.74 Å². The summed E-state index contributed by atoms with van der Waals surface area (Å²) in [5.74, 6) is 0.612. The highest BCUT2D eigenvalue weighted by Crippen LogP contribution is 2.30. The predicted molar refractivity (Wildman–Crippen MR) is 82.3 cm³/mol. The minimum Gasteiger partial charge on any atom is -0.494 e. The van der Waals surface area contributed by atoms with Crippen LogP contribution in [0.3, 0.4) is 0 Å². The topological polar surface area (TPSA) is 55.7 Å². The van der Waals surface area contributed by atoms with Crippen LogP contribution in [0.1, 0.15) is 11.8 Å². The van der Waals surface area contributed by atoms with Crippen molar-refractivity contribution in [3.8, 4) is 5.75 Å². The first kappa shape index (κ1) is 14.7. The van der Waals surface area contributed by atoms with Crippen molar-refractivity contribution in [1.82, 2.24) is 0 Å². The number of aliphatic imine (C=N–C) groups is 1. The molecule has 0 fully saturated rings. The molecule has 0 amide bonds. The van der Waals surface area contributed by atoms with Gasteiger partial charge in [0, 0.05) is 11.1 Å². The summed E-state index contributed by atoms with van der Waals surface area (Å²) in [6, 6.07) is 8.59. The zero-order chi connectivity index (χ0) is 14.6. The molecule has 0 radical (unpaired) electrons. The average molecular weight is 309 g/mol. The molecule has 2 rings (SSSR count). The molecular formula is C14H15NO3S2.